The summed E-state index contributed by atoms with van der Waals surface area (Å²) in [7, 11) is 0. The number of hydrogen-bond donors (Lipinski definition) is 1. The molecule has 1 fully saturated rings. The first-order valence-electron chi connectivity index (χ1n) is 5.64. The van der Waals surface area contributed by atoms with Gasteiger partial charge in [0.2, 0.25) is 0 Å². The molecule has 1 aromatic heterocycles. The van der Waals surface area contributed by atoms with Gasteiger partial charge in [-0.3, -0.25) is 0 Å². The van der Waals surface area contributed by atoms with Gasteiger partial charge < -0.3 is 5.73 Å². The third kappa shape index (κ3) is 1.85. The fraction of sp³-hybridized carbons (Fsp3) is 0.727. The summed E-state index contributed by atoms with van der Waals surface area (Å²) in [4.78, 5) is 0. The van der Waals surface area contributed by atoms with E-state index in [0.717, 1.165) is 5.69 Å². The van der Waals surface area contributed by atoms with Gasteiger partial charge >= 0.3 is 0 Å². The highest BCUT2D eigenvalue weighted by Crippen LogP contribution is 2.36. The van der Waals surface area contributed by atoms with Crippen LogP contribution in [0.4, 0.5) is 5.82 Å². The van der Waals surface area contributed by atoms with Gasteiger partial charge in [-0.25, -0.2) is 4.68 Å². The Kier molecular flexibility index (Phi) is 2.91. The minimum Gasteiger partial charge on any atom is -0.383 e. The average molecular weight is 228 g/mol. The molecule has 0 bridgehead atoms. The molecule has 0 atom stereocenters. The zero-order chi connectivity index (χ0) is 11.0. The summed E-state index contributed by atoms with van der Waals surface area (Å²) in [5, 5.41) is 5.20. The van der Waals surface area contributed by atoms with Crippen molar-refractivity contribution in [1.82, 2.24) is 9.78 Å². The van der Waals surface area contributed by atoms with Gasteiger partial charge in [-0.15, -0.1) is 0 Å². The number of aromatic nitrogens is 2. The van der Waals surface area contributed by atoms with Crippen LogP contribution in [0.1, 0.15) is 57.2 Å². The van der Waals surface area contributed by atoms with E-state index in [-0.39, 0.29) is 0 Å². The molecule has 1 saturated carbocycles. The van der Waals surface area contributed by atoms with Crippen molar-refractivity contribution in [1.29, 1.82) is 0 Å². The highest BCUT2D eigenvalue weighted by atomic mass is 35.5. The molecule has 15 heavy (non-hydrogen) atoms. The van der Waals surface area contributed by atoms with Crippen LogP contribution in [-0.2, 0) is 0 Å². The normalized spacial score (nSPS) is 17.9. The van der Waals surface area contributed by atoms with E-state index in [1.807, 2.05) is 4.68 Å². The van der Waals surface area contributed by atoms with Crippen LogP contribution in [-0.4, -0.2) is 9.78 Å². The smallest absolute Gasteiger partial charge is 0.141 e. The zero-order valence-corrected chi connectivity index (χ0v) is 10.1. The molecule has 84 valence electrons. The van der Waals surface area contributed by atoms with Gasteiger partial charge in [0.15, 0.2) is 0 Å². The van der Waals surface area contributed by atoms with Crippen LogP contribution < -0.4 is 5.73 Å². The van der Waals surface area contributed by atoms with E-state index < -0.39 is 0 Å². The highest BCUT2D eigenvalue weighted by molar-refractivity contribution is 6.33. The molecule has 4 heteroatoms. The second kappa shape index (κ2) is 4.05. The molecule has 1 heterocycles. The van der Waals surface area contributed by atoms with Crippen LogP contribution in [0.15, 0.2) is 0 Å². The monoisotopic (exact) mass is 227 g/mol. The molecule has 2 N–H and O–H groups in total. The number of nitrogens with zero attached hydrogens (tertiary/aromatic N) is 2. The molecule has 1 aliphatic carbocycles. The molecule has 1 aromatic rings. The fourth-order valence-electron chi connectivity index (χ4n) is 2.24. The number of anilines is 1. The highest BCUT2D eigenvalue weighted by Gasteiger charge is 2.24. The van der Waals surface area contributed by atoms with Gasteiger partial charge in [-0.2, -0.15) is 5.10 Å². The van der Waals surface area contributed by atoms with Crippen molar-refractivity contribution in [3.8, 4) is 0 Å². The quantitative estimate of drug-likeness (QED) is 0.842. The van der Waals surface area contributed by atoms with Gasteiger partial charge in [-0.1, -0.05) is 38.3 Å². The van der Waals surface area contributed by atoms with E-state index in [9.17, 15) is 0 Å². The number of halogens is 1. The van der Waals surface area contributed by atoms with Gasteiger partial charge in [0.05, 0.1) is 11.7 Å². The molecule has 0 unspecified atom stereocenters. The molecule has 0 radical (unpaired) electrons. The van der Waals surface area contributed by atoms with Gasteiger partial charge in [-0.05, 0) is 18.8 Å². The summed E-state index contributed by atoms with van der Waals surface area (Å²) in [5.74, 6) is 0.981. The number of nitrogen functional groups attached to an aromatic ring is 1. The lowest BCUT2D eigenvalue weighted by atomic mass is 10.1. The topological polar surface area (TPSA) is 43.8 Å². The first-order valence-corrected chi connectivity index (χ1v) is 6.02. The van der Waals surface area contributed by atoms with Crippen LogP contribution in [0.2, 0.25) is 5.02 Å². The third-order valence-electron chi connectivity index (χ3n) is 3.13. The molecule has 0 amide bonds. The van der Waals surface area contributed by atoms with Gasteiger partial charge in [0.1, 0.15) is 10.8 Å². The van der Waals surface area contributed by atoms with E-state index in [4.69, 9.17) is 17.3 Å². The Morgan fingerprint density at radius 2 is 2.00 bits per heavy atom. The molecule has 0 spiro atoms. The molecule has 1 aliphatic rings. The lowest BCUT2D eigenvalue weighted by Crippen LogP contribution is -2.10. The molecule has 3 nitrogen and oxygen atoms in total. The minimum absolute atomic E-state index is 0.336. The first kappa shape index (κ1) is 10.8. The minimum atomic E-state index is 0.336. The molecular weight excluding hydrogens is 210 g/mol. The largest absolute Gasteiger partial charge is 0.383 e. The summed E-state index contributed by atoms with van der Waals surface area (Å²) in [5.41, 5.74) is 6.92. The summed E-state index contributed by atoms with van der Waals surface area (Å²) in [6.07, 6.45) is 4.91. The molecule has 0 aliphatic heterocycles. The Hall–Kier alpha value is -0.700. The SMILES string of the molecule is CC(C)c1nn(C2CCCC2)c(N)c1Cl. The lowest BCUT2D eigenvalue weighted by molar-refractivity contribution is 0.467. The Labute approximate surface area is 95.6 Å². The standard InChI is InChI=1S/C11H18ClN3/c1-7(2)10-9(12)11(13)15(14-10)8-5-3-4-6-8/h7-8H,3-6,13H2,1-2H3. The van der Waals surface area contributed by atoms with Gasteiger partial charge in [0, 0.05) is 0 Å². The Morgan fingerprint density at radius 1 is 1.40 bits per heavy atom. The summed E-state index contributed by atoms with van der Waals surface area (Å²) >= 11 is 6.18. The van der Waals surface area contributed by atoms with E-state index in [0.29, 0.717) is 22.8 Å². The predicted octanol–water partition coefficient (Wildman–Crippen LogP) is 3.36. The maximum Gasteiger partial charge on any atom is 0.141 e. The van der Waals surface area contributed by atoms with Crippen LogP contribution in [0.5, 0.6) is 0 Å². The number of nitrogens with two attached hydrogens (primary N) is 1. The van der Waals surface area contributed by atoms with Crippen molar-refractivity contribution in [3.63, 3.8) is 0 Å². The first-order chi connectivity index (χ1) is 7.11. The van der Waals surface area contributed by atoms with Gasteiger partial charge in [0.25, 0.3) is 0 Å². The van der Waals surface area contributed by atoms with Crippen LogP contribution >= 0.6 is 11.6 Å². The predicted molar refractivity (Wildman–Crippen MR) is 63.2 cm³/mol. The summed E-state index contributed by atoms with van der Waals surface area (Å²) in [6.45, 7) is 4.18. The van der Waals surface area contributed by atoms with E-state index in [1.165, 1.54) is 25.7 Å². The van der Waals surface area contributed by atoms with Crippen LogP contribution in [0.3, 0.4) is 0 Å². The number of hydrogen-bond acceptors (Lipinski definition) is 2. The van der Waals surface area contributed by atoms with Crippen molar-refractivity contribution >= 4 is 17.4 Å². The third-order valence-corrected chi connectivity index (χ3v) is 3.52. The van der Waals surface area contributed by atoms with Crippen molar-refractivity contribution in [2.45, 2.75) is 51.5 Å². The fourth-order valence-corrected chi connectivity index (χ4v) is 2.58. The second-order valence-corrected chi connectivity index (χ2v) is 5.00. The second-order valence-electron chi connectivity index (χ2n) is 4.62. The summed E-state index contributed by atoms with van der Waals surface area (Å²) in [6, 6.07) is 0.468. The zero-order valence-electron chi connectivity index (χ0n) is 9.33. The van der Waals surface area contributed by atoms with Crippen molar-refractivity contribution in [2.75, 3.05) is 5.73 Å². The lowest BCUT2D eigenvalue weighted by Gasteiger charge is -2.11. The molecule has 0 aromatic carbocycles. The number of rotatable bonds is 2. The van der Waals surface area contributed by atoms with Crippen LogP contribution in [0.25, 0.3) is 0 Å². The Morgan fingerprint density at radius 3 is 2.47 bits per heavy atom. The van der Waals surface area contributed by atoms with Crippen LogP contribution in [0, 0.1) is 0 Å². The molecule has 2 rings (SSSR count). The van der Waals surface area contributed by atoms with E-state index >= 15 is 0 Å². The summed E-state index contributed by atoms with van der Waals surface area (Å²) < 4.78 is 1.94. The maximum atomic E-state index is 6.18. The molecular formula is C11H18ClN3. The molecule has 0 saturated heterocycles. The van der Waals surface area contributed by atoms with Crippen molar-refractivity contribution in [2.24, 2.45) is 0 Å². The van der Waals surface area contributed by atoms with Crippen molar-refractivity contribution < 1.29 is 0 Å². The van der Waals surface area contributed by atoms with E-state index in [2.05, 4.69) is 18.9 Å². The van der Waals surface area contributed by atoms with E-state index in [1.54, 1.807) is 0 Å². The Balaban J connectivity index is 2.35. The maximum absolute atomic E-state index is 6.18. The Bertz CT molecular complexity index is 351. The average Bonchev–Trinajstić information content (AvgIpc) is 2.77. The van der Waals surface area contributed by atoms with Crippen molar-refractivity contribution in [3.05, 3.63) is 10.7 Å².